The minimum atomic E-state index is -0.889. The van der Waals surface area contributed by atoms with Crippen molar-refractivity contribution in [3.63, 3.8) is 0 Å². The van der Waals surface area contributed by atoms with Crippen LogP contribution in [0, 0.1) is 0 Å². The predicted octanol–water partition coefficient (Wildman–Crippen LogP) is 3.01. The number of hydrogen-bond acceptors (Lipinski definition) is 2. The van der Waals surface area contributed by atoms with Crippen molar-refractivity contribution in [3.05, 3.63) is 69.7 Å². The zero-order valence-electron chi connectivity index (χ0n) is 11.2. The summed E-state index contributed by atoms with van der Waals surface area (Å²) in [6.45, 7) is 0.295. The number of nitrogens with one attached hydrogen (secondary N) is 1. The number of aliphatic carboxylic acids is 1. The fourth-order valence-corrected chi connectivity index (χ4v) is 2.45. The third-order valence-corrected chi connectivity index (χ3v) is 3.71. The van der Waals surface area contributed by atoms with Crippen LogP contribution in [0.5, 0.6) is 0 Å². The third-order valence-electron chi connectivity index (χ3n) is 3.02. The molecule has 2 aromatic carbocycles. The van der Waals surface area contributed by atoms with Gasteiger partial charge in [-0.3, -0.25) is 9.59 Å². The van der Waals surface area contributed by atoms with E-state index in [1.807, 2.05) is 18.2 Å². The first kappa shape index (κ1) is 15.3. The van der Waals surface area contributed by atoms with Crippen molar-refractivity contribution in [1.29, 1.82) is 0 Å². The van der Waals surface area contributed by atoms with Gasteiger partial charge >= 0.3 is 5.97 Å². The average Bonchev–Trinajstić information content (AvgIpc) is 2.46. The van der Waals surface area contributed by atoms with Gasteiger partial charge in [-0.1, -0.05) is 36.4 Å². The van der Waals surface area contributed by atoms with Crippen LogP contribution in [0.4, 0.5) is 0 Å². The molecule has 108 valence electrons. The molecule has 2 rings (SSSR count). The van der Waals surface area contributed by atoms with Crippen LogP contribution in [-0.2, 0) is 17.8 Å². The molecule has 5 heteroatoms. The Hall–Kier alpha value is -2.14. The summed E-state index contributed by atoms with van der Waals surface area (Å²) in [6.07, 6.45) is -0.0545. The Bertz CT molecular complexity index is 670. The normalized spacial score (nSPS) is 10.1. The highest BCUT2D eigenvalue weighted by atomic mass is 79.9. The molecule has 4 nitrogen and oxygen atoms in total. The van der Waals surface area contributed by atoms with Gasteiger partial charge in [0.15, 0.2) is 0 Å². The molecule has 0 bridgehead atoms. The summed E-state index contributed by atoms with van der Waals surface area (Å²) in [6, 6.07) is 14.3. The van der Waals surface area contributed by atoms with Crippen molar-refractivity contribution in [3.8, 4) is 0 Å². The minimum Gasteiger partial charge on any atom is -0.481 e. The summed E-state index contributed by atoms with van der Waals surface area (Å²) < 4.78 is 0.723. The van der Waals surface area contributed by atoms with Gasteiger partial charge in [0.25, 0.3) is 5.91 Å². The van der Waals surface area contributed by atoms with Crippen molar-refractivity contribution in [2.24, 2.45) is 0 Å². The fourth-order valence-electron chi connectivity index (χ4n) is 1.98. The molecule has 2 N–H and O–H groups in total. The molecule has 0 saturated carbocycles. The van der Waals surface area contributed by atoms with Crippen LogP contribution in [0.25, 0.3) is 0 Å². The van der Waals surface area contributed by atoms with E-state index in [9.17, 15) is 9.59 Å². The van der Waals surface area contributed by atoms with Crippen LogP contribution < -0.4 is 5.32 Å². The van der Waals surface area contributed by atoms with Crippen LogP contribution in [0.1, 0.15) is 21.5 Å². The quantitative estimate of drug-likeness (QED) is 0.873. The Balaban J connectivity index is 2.08. The van der Waals surface area contributed by atoms with Gasteiger partial charge in [-0.05, 0) is 39.2 Å². The van der Waals surface area contributed by atoms with E-state index in [1.54, 1.807) is 30.3 Å². The minimum absolute atomic E-state index is 0.0545. The van der Waals surface area contributed by atoms with Gasteiger partial charge in [-0.25, -0.2) is 0 Å². The number of carboxylic acids is 1. The van der Waals surface area contributed by atoms with Crippen LogP contribution in [-0.4, -0.2) is 17.0 Å². The van der Waals surface area contributed by atoms with Gasteiger partial charge in [0, 0.05) is 11.0 Å². The summed E-state index contributed by atoms with van der Waals surface area (Å²) >= 11 is 3.33. The van der Waals surface area contributed by atoms with Crippen molar-refractivity contribution in [2.45, 2.75) is 13.0 Å². The van der Waals surface area contributed by atoms with E-state index in [1.165, 1.54) is 0 Å². The van der Waals surface area contributed by atoms with Crippen molar-refractivity contribution < 1.29 is 14.7 Å². The second kappa shape index (κ2) is 7.04. The summed E-state index contributed by atoms with van der Waals surface area (Å²) in [5.41, 5.74) is 2.06. The molecule has 0 heterocycles. The summed E-state index contributed by atoms with van der Waals surface area (Å²) in [5, 5.41) is 11.7. The lowest BCUT2D eigenvalue weighted by Gasteiger charge is -2.10. The van der Waals surface area contributed by atoms with Gasteiger partial charge in [-0.2, -0.15) is 0 Å². The lowest BCUT2D eigenvalue weighted by Crippen LogP contribution is -2.24. The second-order valence-corrected chi connectivity index (χ2v) is 5.36. The molecule has 0 aliphatic heterocycles. The van der Waals surface area contributed by atoms with Crippen molar-refractivity contribution in [1.82, 2.24) is 5.32 Å². The molecule has 0 aliphatic carbocycles. The van der Waals surface area contributed by atoms with Gasteiger partial charge in [0.1, 0.15) is 0 Å². The number of amides is 1. The molecule has 0 aliphatic rings. The first-order valence-corrected chi connectivity index (χ1v) is 7.18. The smallest absolute Gasteiger partial charge is 0.307 e. The van der Waals surface area contributed by atoms with E-state index in [2.05, 4.69) is 21.2 Å². The number of halogens is 1. The van der Waals surface area contributed by atoms with E-state index >= 15 is 0 Å². The molecular formula is C16H14BrNO3. The number of rotatable bonds is 5. The number of carboxylic acid groups (broad SMARTS) is 1. The molecule has 2 aromatic rings. The largest absolute Gasteiger partial charge is 0.481 e. The summed E-state index contributed by atoms with van der Waals surface area (Å²) in [7, 11) is 0. The van der Waals surface area contributed by atoms with E-state index in [4.69, 9.17) is 5.11 Å². The lowest BCUT2D eigenvalue weighted by atomic mass is 10.0. The molecule has 21 heavy (non-hydrogen) atoms. The Morgan fingerprint density at radius 2 is 1.62 bits per heavy atom. The first-order valence-electron chi connectivity index (χ1n) is 6.39. The Morgan fingerprint density at radius 3 is 2.29 bits per heavy atom. The van der Waals surface area contributed by atoms with Gasteiger partial charge in [-0.15, -0.1) is 0 Å². The molecule has 0 spiro atoms. The molecule has 0 aromatic heterocycles. The zero-order chi connectivity index (χ0) is 15.2. The van der Waals surface area contributed by atoms with Crippen molar-refractivity contribution in [2.75, 3.05) is 0 Å². The highest BCUT2D eigenvalue weighted by molar-refractivity contribution is 9.10. The van der Waals surface area contributed by atoms with Crippen LogP contribution in [0.2, 0.25) is 0 Å². The van der Waals surface area contributed by atoms with E-state index in [0.29, 0.717) is 17.7 Å². The number of benzene rings is 2. The monoisotopic (exact) mass is 347 g/mol. The van der Waals surface area contributed by atoms with E-state index in [-0.39, 0.29) is 12.3 Å². The molecule has 0 saturated heterocycles. The van der Waals surface area contributed by atoms with Gasteiger partial charge < -0.3 is 10.4 Å². The summed E-state index contributed by atoms with van der Waals surface area (Å²) in [4.78, 5) is 22.9. The highest BCUT2D eigenvalue weighted by Crippen LogP contribution is 2.16. The van der Waals surface area contributed by atoms with E-state index in [0.717, 1.165) is 10.0 Å². The Morgan fingerprint density at radius 1 is 1.00 bits per heavy atom. The van der Waals surface area contributed by atoms with E-state index < -0.39 is 5.97 Å². The first-order chi connectivity index (χ1) is 10.1. The topological polar surface area (TPSA) is 66.4 Å². The van der Waals surface area contributed by atoms with Crippen LogP contribution in [0.15, 0.2) is 53.0 Å². The maximum Gasteiger partial charge on any atom is 0.307 e. The molecule has 0 radical (unpaired) electrons. The van der Waals surface area contributed by atoms with Crippen LogP contribution in [0.3, 0.4) is 0 Å². The molecule has 0 atom stereocenters. The number of hydrogen-bond donors (Lipinski definition) is 2. The van der Waals surface area contributed by atoms with Crippen LogP contribution >= 0.6 is 15.9 Å². The van der Waals surface area contributed by atoms with Gasteiger partial charge in [0.2, 0.25) is 0 Å². The zero-order valence-corrected chi connectivity index (χ0v) is 12.8. The molecular weight excluding hydrogens is 334 g/mol. The predicted molar refractivity (Wildman–Crippen MR) is 83.1 cm³/mol. The SMILES string of the molecule is O=C(O)Cc1ccccc1CNC(=O)c1ccccc1Br. The fraction of sp³-hybridized carbons (Fsp3) is 0.125. The maximum atomic E-state index is 12.1. The van der Waals surface area contributed by atoms with Crippen molar-refractivity contribution >= 4 is 27.8 Å². The molecule has 0 unspecified atom stereocenters. The third kappa shape index (κ3) is 4.16. The maximum absolute atomic E-state index is 12.1. The molecule has 1 amide bonds. The second-order valence-electron chi connectivity index (χ2n) is 4.50. The lowest BCUT2D eigenvalue weighted by molar-refractivity contribution is -0.136. The average molecular weight is 348 g/mol. The Labute approximate surface area is 130 Å². The van der Waals surface area contributed by atoms with Gasteiger partial charge in [0.05, 0.1) is 12.0 Å². The number of carbonyl (C=O) groups excluding carboxylic acids is 1. The molecule has 0 fully saturated rings. The Kier molecular flexibility index (Phi) is 5.11. The highest BCUT2D eigenvalue weighted by Gasteiger charge is 2.11. The summed E-state index contributed by atoms with van der Waals surface area (Å²) in [5.74, 6) is -1.09. The standard InChI is InChI=1S/C16H14BrNO3/c17-14-8-4-3-7-13(14)16(21)18-10-12-6-2-1-5-11(12)9-15(19)20/h1-8H,9-10H2,(H,18,21)(H,19,20). The number of carbonyl (C=O) groups is 2.